The smallest absolute Gasteiger partial charge is 0.251 e. The van der Waals surface area contributed by atoms with Crippen molar-refractivity contribution in [2.75, 3.05) is 6.54 Å². The summed E-state index contributed by atoms with van der Waals surface area (Å²) in [6.07, 6.45) is 1.97. The Labute approximate surface area is 139 Å². The van der Waals surface area contributed by atoms with E-state index in [4.69, 9.17) is 5.73 Å². The lowest BCUT2D eigenvalue weighted by Gasteiger charge is -2.09. The highest BCUT2D eigenvalue weighted by molar-refractivity contribution is 5.94. The lowest BCUT2D eigenvalue weighted by Crippen LogP contribution is -2.23. The number of nitrogens with two attached hydrogens (primary N) is 1. The molecule has 0 saturated heterocycles. The lowest BCUT2D eigenvalue weighted by molar-refractivity contribution is 0.0951. The van der Waals surface area contributed by atoms with Crippen LogP contribution in [0.3, 0.4) is 0 Å². The minimum atomic E-state index is -0.00814. The van der Waals surface area contributed by atoms with Gasteiger partial charge in [0.2, 0.25) is 0 Å². The van der Waals surface area contributed by atoms with Crippen LogP contribution in [0.1, 0.15) is 47.8 Å². The van der Waals surface area contributed by atoms with Crippen molar-refractivity contribution < 1.29 is 4.79 Å². The van der Waals surface area contributed by atoms with Gasteiger partial charge in [-0.25, -0.2) is 0 Å². The number of aryl methyl sites for hydroxylation is 2. The van der Waals surface area contributed by atoms with Gasteiger partial charge in [-0.2, -0.15) is 0 Å². The first-order valence-electron chi connectivity index (χ1n) is 8.30. The van der Waals surface area contributed by atoms with Gasteiger partial charge in [0, 0.05) is 12.1 Å². The maximum atomic E-state index is 12.2. The molecule has 0 aliphatic rings. The molecule has 0 unspecified atom stereocenters. The fourth-order valence-electron chi connectivity index (χ4n) is 2.32. The molecule has 2 aromatic carbocycles. The summed E-state index contributed by atoms with van der Waals surface area (Å²) in [5, 5.41) is 2.97. The van der Waals surface area contributed by atoms with E-state index in [9.17, 15) is 4.79 Å². The summed E-state index contributed by atoms with van der Waals surface area (Å²) in [4.78, 5) is 12.2. The van der Waals surface area contributed by atoms with Crippen LogP contribution in [0.25, 0.3) is 0 Å². The van der Waals surface area contributed by atoms with Crippen molar-refractivity contribution in [1.82, 2.24) is 5.32 Å². The quantitative estimate of drug-likeness (QED) is 0.884. The van der Waals surface area contributed by atoms with E-state index in [1.54, 1.807) is 0 Å². The number of amides is 1. The Kier molecular flexibility index (Phi) is 8.70. The van der Waals surface area contributed by atoms with Crippen LogP contribution >= 0.6 is 0 Å². The third-order valence-corrected chi connectivity index (χ3v) is 3.53. The molecule has 0 bridgehead atoms. The fourth-order valence-corrected chi connectivity index (χ4v) is 2.32. The van der Waals surface area contributed by atoms with Gasteiger partial charge in [-0.05, 0) is 48.2 Å². The predicted octanol–water partition coefficient (Wildman–Crippen LogP) is 3.71. The third kappa shape index (κ3) is 6.25. The zero-order valence-electron chi connectivity index (χ0n) is 14.4. The van der Waals surface area contributed by atoms with Gasteiger partial charge in [-0.3, -0.25) is 4.79 Å². The van der Waals surface area contributed by atoms with E-state index in [2.05, 4.69) is 25.2 Å². The van der Waals surface area contributed by atoms with Crippen LogP contribution in [-0.2, 0) is 19.4 Å². The molecule has 0 spiro atoms. The molecule has 2 aromatic rings. The summed E-state index contributed by atoms with van der Waals surface area (Å²) < 4.78 is 0. The van der Waals surface area contributed by atoms with Gasteiger partial charge in [0.15, 0.2) is 0 Å². The van der Waals surface area contributed by atoms with Crippen LogP contribution in [-0.4, -0.2) is 12.5 Å². The maximum Gasteiger partial charge on any atom is 0.251 e. The molecule has 0 fully saturated rings. The van der Waals surface area contributed by atoms with Gasteiger partial charge in [-0.1, -0.05) is 57.2 Å². The molecule has 0 radical (unpaired) electrons. The number of nitrogens with one attached hydrogen (secondary N) is 1. The van der Waals surface area contributed by atoms with Crippen molar-refractivity contribution in [3.8, 4) is 0 Å². The van der Waals surface area contributed by atoms with E-state index in [1.807, 2.05) is 49.4 Å². The number of hydrogen-bond donors (Lipinski definition) is 2. The van der Waals surface area contributed by atoms with Gasteiger partial charge in [0.25, 0.3) is 5.91 Å². The molecular formula is C20H28N2O. The average molecular weight is 312 g/mol. The Balaban J connectivity index is 0.000000816. The highest BCUT2D eigenvalue weighted by Gasteiger charge is 2.08. The van der Waals surface area contributed by atoms with Gasteiger partial charge in [0.1, 0.15) is 0 Å². The Morgan fingerprint density at radius 2 is 1.57 bits per heavy atom. The fraction of sp³-hybridized carbons (Fsp3) is 0.350. The van der Waals surface area contributed by atoms with Crippen molar-refractivity contribution in [3.05, 3.63) is 70.8 Å². The van der Waals surface area contributed by atoms with E-state index in [0.717, 1.165) is 30.5 Å². The third-order valence-electron chi connectivity index (χ3n) is 3.53. The molecule has 0 heterocycles. The number of carbonyl (C=O) groups is 1. The molecule has 0 aliphatic heterocycles. The van der Waals surface area contributed by atoms with E-state index in [0.29, 0.717) is 6.54 Å². The zero-order valence-corrected chi connectivity index (χ0v) is 14.4. The van der Waals surface area contributed by atoms with Crippen LogP contribution in [0.4, 0.5) is 0 Å². The second-order valence-corrected chi connectivity index (χ2v) is 5.27. The molecular weight excluding hydrogens is 284 g/mol. The highest BCUT2D eigenvalue weighted by Crippen LogP contribution is 2.14. The van der Waals surface area contributed by atoms with Crippen LogP contribution in [0.2, 0.25) is 0 Å². The van der Waals surface area contributed by atoms with Gasteiger partial charge < -0.3 is 11.1 Å². The minimum Gasteiger partial charge on any atom is -0.348 e. The molecule has 3 N–H and O–H groups in total. The summed E-state index contributed by atoms with van der Waals surface area (Å²) in [6.45, 7) is 7.49. The average Bonchev–Trinajstić information content (AvgIpc) is 2.60. The molecule has 3 nitrogen and oxygen atoms in total. The number of hydrogen-bond acceptors (Lipinski definition) is 2. The first-order valence-corrected chi connectivity index (χ1v) is 8.30. The summed E-state index contributed by atoms with van der Waals surface area (Å²) in [5.41, 5.74) is 9.30. The predicted molar refractivity (Wildman–Crippen MR) is 97.5 cm³/mol. The topological polar surface area (TPSA) is 55.1 Å². The van der Waals surface area contributed by atoms with Crippen molar-refractivity contribution in [3.63, 3.8) is 0 Å². The molecule has 124 valence electrons. The number of rotatable bonds is 5. The van der Waals surface area contributed by atoms with Crippen LogP contribution in [0.5, 0.6) is 0 Å². The summed E-state index contributed by atoms with van der Waals surface area (Å²) in [6, 6.07) is 15.9. The Bertz CT molecular complexity index is 594. The van der Waals surface area contributed by atoms with Gasteiger partial charge in [0.05, 0.1) is 0 Å². The molecule has 2 rings (SSSR count). The zero-order chi connectivity index (χ0) is 17.1. The maximum absolute atomic E-state index is 12.2. The first-order chi connectivity index (χ1) is 11.2. The van der Waals surface area contributed by atoms with E-state index >= 15 is 0 Å². The second kappa shape index (κ2) is 10.6. The second-order valence-electron chi connectivity index (χ2n) is 5.27. The molecule has 0 atom stereocenters. The van der Waals surface area contributed by atoms with Crippen molar-refractivity contribution in [2.24, 2.45) is 5.73 Å². The largest absolute Gasteiger partial charge is 0.348 e. The van der Waals surface area contributed by atoms with Crippen LogP contribution in [0.15, 0.2) is 48.5 Å². The monoisotopic (exact) mass is 312 g/mol. The van der Waals surface area contributed by atoms with Crippen LogP contribution < -0.4 is 11.1 Å². The Morgan fingerprint density at radius 3 is 2.13 bits per heavy atom. The van der Waals surface area contributed by atoms with Crippen molar-refractivity contribution >= 4 is 5.91 Å². The van der Waals surface area contributed by atoms with E-state index in [-0.39, 0.29) is 5.91 Å². The van der Waals surface area contributed by atoms with Gasteiger partial charge >= 0.3 is 0 Å². The number of benzene rings is 2. The molecule has 0 saturated carbocycles. The molecule has 3 heteroatoms. The molecule has 1 amide bonds. The van der Waals surface area contributed by atoms with E-state index < -0.39 is 0 Å². The van der Waals surface area contributed by atoms with Crippen LogP contribution in [0, 0.1) is 0 Å². The summed E-state index contributed by atoms with van der Waals surface area (Å²) >= 11 is 0. The van der Waals surface area contributed by atoms with Crippen molar-refractivity contribution in [2.45, 2.75) is 40.2 Å². The summed E-state index contributed by atoms with van der Waals surface area (Å²) in [5.74, 6) is -0.00814. The summed E-state index contributed by atoms with van der Waals surface area (Å²) in [7, 11) is 0. The standard InChI is InChI=1S/C18H21NO.C2H7N/c1-3-15-10-11-17(12-16(15)4-2)18(20)19-13-14-8-6-5-7-9-14;1-2-3/h5-12H,3-4,13H2,1-2H3,(H,19,20);2-3H2,1H3. The minimum absolute atomic E-state index is 0.00814. The van der Waals surface area contributed by atoms with Crippen molar-refractivity contribution in [1.29, 1.82) is 0 Å². The van der Waals surface area contributed by atoms with E-state index in [1.165, 1.54) is 11.1 Å². The molecule has 0 aliphatic carbocycles. The lowest BCUT2D eigenvalue weighted by atomic mass is 10.00. The molecule has 0 aromatic heterocycles. The Morgan fingerprint density at radius 1 is 0.957 bits per heavy atom. The SMILES string of the molecule is CCN.CCc1ccc(C(=O)NCc2ccccc2)cc1CC. The Hall–Kier alpha value is -2.13. The molecule has 23 heavy (non-hydrogen) atoms. The highest BCUT2D eigenvalue weighted by atomic mass is 16.1. The number of carbonyl (C=O) groups excluding carboxylic acids is 1. The van der Waals surface area contributed by atoms with Gasteiger partial charge in [-0.15, -0.1) is 0 Å². The first kappa shape index (κ1) is 18.9. The normalized spacial score (nSPS) is 9.74.